The highest BCUT2D eigenvalue weighted by Gasteiger charge is 2.16. The summed E-state index contributed by atoms with van der Waals surface area (Å²) in [4.78, 5) is 10.4. The summed E-state index contributed by atoms with van der Waals surface area (Å²) in [5, 5.41) is 5.33. The number of aromatic nitrogens is 2. The molecule has 102 valence electrons. The number of hydrogen-bond donors (Lipinski definition) is 1. The van der Waals surface area contributed by atoms with Crippen LogP contribution in [0.4, 0.5) is 5.82 Å². The molecule has 19 heavy (non-hydrogen) atoms. The zero-order valence-electron chi connectivity index (χ0n) is 11.0. The summed E-state index contributed by atoms with van der Waals surface area (Å²) < 4.78 is 2.03. The monoisotopic (exact) mass is 403 g/mol. The van der Waals surface area contributed by atoms with Gasteiger partial charge in [0.2, 0.25) is 0 Å². The molecular formula is C13H15Br2N3S. The quantitative estimate of drug-likeness (QED) is 0.752. The first-order valence-electron chi connectivity index (χ1n) is 6.08. The van der Waals surface area contributed by atoms with Crippen LogP contribution in [0, 0.1) is 0 Å². The summed E-state index contributed by atoms with van der Waals surface area (Å²) in [6.07, 6.45) is 0. The van der Waals surface area contributed by atoms with Crippen LogP contribution in [0.25, 0.3) is 10.7 Å². The summed E-state index contributed by atoms with van der Waals surface area (Å²) in [6.45, 7) is 7.17. The summed E-state index contributed by atoms with van der Waals surface area (Å²) in [7, 11) is 0. The molecule has 0 aromatic carbocycles. The van der Waals surface area contributed by atoms with Gasteiger partial charge >= 0.3 is 0 Å². The summed E-state index contributed by atoms with van der Waals surface area (Å²) >= 11 is 8.71. The smallest absolute Gasteiger partial charge is 0.171 e. The Morgan fingerprint density at radius 2 is 2.05 bits per heavy atom. The van der Waals surface area contributed by atoms with Crippen molar-refractivity contribution < 1.29 is 0 Å². The number of thiophene rings is 1. The summed E-state index contributed by atoms with van der Waals surface area (Å²) in [5.41, 5.74) is 1.03. The molecule has 2 heterocycles. The lowest BCUT2D eigenvalue weighted by Crippen LogP contribution is -2.06. The first-order chi connectivity index (χ1) is 9.02. The van der Waals surface area contributed by atoms with E-state index in [1.165, 1.54) is 0 Å². The molecule has 2 aromatic rings. The van der Waals surface area contributed by atoms with Gasteiger partial charge in [-0.1, -0.05) is 13.8 Å². The van der Waals surface area contributed by atoms with Crippen molar-refractivity contribution in [3.05, 3.63) is 26.1 Å². The van der Waals surface area contributed by atoms with E-state index >= 15 is 0 Å². The zero-order valence-corrected chi connectivity index (χ0v) is 15.0. The van der Waals surface area contributed by atoms with Crippen LogP contribution >= 0.6 is 43.2 Å². The molecule has 6 heteroatoms. The third-order valence-electron chi connectivity index (χ3n) is 2.56. The zero-order chi connectivity index (χ0) is 14.0. The Hall–Kier alpha value is -0.460. The van der Waals surface area contributed by atoms with Gasteiger partial charge in [-0.05, 0) is 50.8 Å². The van der Waals surface area contributed by atoms with Crippen molar-refractivity contribution in [2.45, 2.75) is 26.7 Å². The molecular weight excluding hydrogens is 390 g/mol. The highest BCUT2D eigenvalue weighted by Crippen LogP contribution is 2.34. The van der Waals surface area contributed by atoms with Crippen molar-refractivity contribution in [2.24, 2.45) is 0 Å². The van der Waals surface area contributed by atoms with Crippen molar-refractivity contribution in [1.29, 1.82) is 0 Å². The van der Waals surface area contributed by atoms with E-state index in [-0.39, 0.29) is 0 Å². The maximum atomic E-state index is 4.69. The second kappa shape index (κ2) is 6.33. The van der Waals surface area contributed by atoms with E-state index in [9.17, 15) is 0 Å². The number of halogens is 2. The number of hydrogen-bond acceptors (Lipinski definition) is 4. The molecule has 0 fully saturated rings. The van der Waals surface area contributed by atoms with Crippen LogP contribution < -0.4 is 5.32 Å². The van der Waals surface area contributed by atoms with Crippen LogP contribution in [0.3, 0.4) is 0 Å². The molecule has 0 aliphatic rings. The molecule has 0 saturated heterocycles. The molecule has 0 aliphatic carbocycles. The van der Waals surface area contributed by atoms with Gasteiger partial charge in [-0.2, -0.15) is 0 Å². The normalized spacial score (nSPS) is 11.1. The average molecular weight is 405 g/mol. The van der Waals surface area contributed by atoms with Crippen molar-refractivity contribution >= 4 is 49.0 Å². The predicted molar refractivity (Wildman–Crippen MR) is 89.0 cm³/mol. The third kappa shape index (κ3) is 3.35. The molecule has 0 spiro atoms. The number of nitrogens with zero attached hydrogens (tertiary/aromatic N) is 2. The second-order valence-corrected chi connectivity index (χ2v) is 7.03. The highest BCUT2D eigenvalue weighted by molar-refractivity contribution is 9.11. The van der Waals surface area contributed by atoms with E-state index in [2.05, 4.69) is 67.9 Å². The number of nitrogens with one attached hydrogen (secondary N) is 1. The van der Waals surface area contributed by atoms with Gasteiger partial charge in [0.1, 0.15) is 5.82 Å². The van der Waals surface area contributed by atoms with E-state index in [0.717, 1.165) is 37.7 Å². The molecule has 0 unspecified atom stereocenters. The van der Waals surface area contributed by atoms with Crippen LogP contribution in [-0.2, 0) is 0 Å². The van der Waals surface area contributed by atoms with E-state index in [1.54, 1.807) is 11.3 Å². The first kappa shape index (κ1) is 14.9. The van der Waals surface area contributed by atoms with Gasteiger partial charge in [-0.15, -0.1) is 11.3 Å². The van der Waals surface area contributed by atoms with Crippen molar-refractivity contribution in [3.8, 4) is 10.7 Å². The molecule has 0 saturated carbocycles. The molecule has 0 bridgehead atoms. The van der Waals surface area contributed by atoms with Gasteiger partial charge < -0.3 is 5.32 Å². The minimum absolute atomic E-state index is 0.344. The van der Waals surface area contributed by atoms with Gasteiger partial charge in [0.25, 0.3) is 0 Å². The minimum atomic E-state index is 0.344. The van der Waals surface area contributed by atoms with E-state index in [4.69, 9.17) is 0 Å². The van der Waals surface area contributed by atoms with E-state index < -0.39 is 0 Å². The molecule has 2 rings (SSSR count). The lowest BCUT2D eigenvalue weighted by molar-refractivity contribution is 0.810. The average Bonchev–Trinajstić information content (AvgIpc) is 2.78. The van der Waals surface area contributed by atoms with Gasteiger partial charge in [-0.3, -0.25) is 0 Å². The molecule has 0 atom stereocenters. The van der Waals surface area contributed by atoms with Gasteiger partial charge in [0.05, 0.1) is 15.0 Å². The Bertz CT molecular complexity index is 581. The van der Waals surface area contributed by atoms with Crippen LogP contribution in [0.2, 0.25) is 0 Å². The fourth-order valence-corrected chi connectivity index (χ4v) is 3.81. The highest BCUT2D eigenvalue weighted by atomic mass is 79.9. The second-order valence-electron chi connectivity index (χ2n) is 4.41. The number of rotatable bonds is 4. The molecule has 0 radical (unpaired) electrons. The van der Waals surface area contributed by atoms with E-state index in [0.29, 0.717) is 5.92 Å². The first-order valence-corrected chi connectivity index (χ1v) is 8.55. The lowest BCUT2D eigenvalue weighted by Gasteiger charge is -2.13. The third-order valence-corrected chi connectivity index (χ3v) is 5.02. The maximum Gasteiger partial charge on any atom is 0.171 e. The van der Waals surface area contributed by atoms with Crippen LogP contribution in [0.5, 0.6) is 0 Å². The van der Waals surface area contributed by atoms with Crippen LogP contribution in [0.1, 0.15) is 32.4 Å². The van der Waals surface area contributed by atoms with Crippen LogP contribution in [0.15, 0.2) is 20.4 Å². The Morgan fingerprint density at radius 3 is 2.58 bits per heavy atom. The molecule has 2 aromatic heterocycles. The van der Waals surface area contributed by atoms with Crippen molar-refractivity contribution in [2.75, 3.05) is 11.9 Å². The van der Waals surface area contributed by atoms with Crippen molar-refractivity contribution in [1.82, 2.24) is 9.97 Å². The minimum Gasteiger partial charge on any atom is -0.369 e. The topological polar surface area (TPSA) is 37.8 Å². The Balaban J connectivity index is 2.55. The maximum absolute atomic E-state index is 4.69. The number of anilines is 1. The fraction of sp³-hybridized carbons (Fsp3) is 0.385. The van der Waals surface area contributed by atoms with Gasteiger partial charge in [0, 0.05) is 16.4 Å². The standard InChI is InChI=1S/C13H15Br2N3S/c1-4-16-13-10(15)11(7(2)3)17-12(18-13)9-5-8(14)6-19-9/h5-7H,4H2,1-3H3,(H,16,17,18). The predicted octanol–water partition coefficient (Wildman–Crippen LogP) is 5.29. The van der Waals surface area contributed by atoms with Crippen molar-refractivity contribution in [3.63, 3.8) is 0 Å². The van der Waals surface area contributed by atoms with Gasteiger partial charge in [0.15, 0.2) is 5.82 Å². The van der Waals surface area contributed by atoms with E-state index in [1.807, 2.05) is 11.4 Å². The fourth-order valence-electron chi connectivity index (χ4n) is 1.67. The lowest BCUT2D eigenvalue weighted by atomic mass is 10.1. The summed E-state index contributed by atoms with van der Waals surface area (Å²) in [5.74, 6) is 1.98. The molecule has 1 N–H and O–H groups in total. The largest absolute Gasteiger partial charge is 0.369 e. The Morgan fingerprint density at radius 1 is 1.32 bits per heavy atom. The Kier molecular flexibility index (Phi) is 4.97. The molecule has 0 amide bonds. The van der Waals surface area contributed by atoms with Gasteiger partial charge in [-0.25, -0.2) is 9.97 Å². The summed E-state index contributed by atoms with van der Waals surface area (Å²) in [6, 6.07) is 2.05. The Labute approximate surface area is 134 Å². The molecule has 0 aliphatic heterocycles. The molecule has 3 nitrogen and oxygen atoms in total. The SMILES string of the molecule is CCNc1nc(-c2cc(Br)cs2)nc(C(C)C)c1Br. The van der Waals surface area contributed by atoms with Crippen LogP contribution in [-0.4, -0.2) is 16.5 Å².